The Hall–Kier alpha value is -5.23. The number of esters is 3. The van der Waals surface area contributed by atoms with Gasteiger partial charge >= 0.3 is 17.9 Å². The third kappa shape index (κ3) is 53.7. The Labute approximate surface area is 428 Å². The van der Waals surface area contributed by atoms with E-state index in [9.17, 15) is 14.4 Å². The van der Waals surface area contributed by atoms with Crippen molar-refractivity contribution in [3.8, 4) is 0 Å². The first-order chi connectivity index (χ1) is 34.5. The van der Waals surface area contributed by atoms with Crippen LogP contribution in [0.1, 0.15) is 194 Å². The van der Waals surface area contributed by atoms with Gasteiger partial charge in [-0.2, -0.15) is 0 Å². The Morgan fingerprint density at radius 3 is 0.886 bits per heavy atom. The Kier molecular flexibility index (Phi) is 52.1. The lowest BCUT2D eigenvalue weighted by Gasteiger charge is -2.18. The highest BCUT2D eigenvalue weighted by atomic mass is 16.6. The normalized spacial score (nSPS) is 13.5. The van der Waals surface area contributed by atoms with Crippen LogP contribution in [0.2, 0.25) is 0 Å². The van der Waals surface area contributed by atoms with Gasteiger partial charge in [0.15, 0.2) is 6.10 Å². The van der Waals surface area contributed by atoms with Crippen LogP contribution in [-0.2, 0) is 28.6 Å². The van der Waals surface area contributed by atoms with Crippen molar-refractivity contribution in [1.29, 1.82) is 0 Å². The molecule has 0 radical (unpaired) electrons. The topological polar surface area (TPSA) is 78.9 Å². The van der Waals surface area contributed by atoms with Crippen molar-refractivity contribution in [1.82, 2.24) is 0 Å². The molecular formula is C64H96O6. The molecule has 388 valence electrons. The summed E-state index contributed by atoms with van der Waals surface area (Å²) in [6.45, 7) is 6.15. The first kappa shape index (κ1) is 64.8. The van der Waals surface area contributed by atoms with Gasteiger partial charge in [-0.15, -0.1) is 0 Å². The standard InChI is InChI=1S/C64H96O6/c1-4-7-10-13-16-19-22-25-28-30-32-34-36-39-42-45-48-51-54-57-63(66)69-60-61(59-68-62(65)56-53-50-47-44-41-38-27-24-21-18-15-12-9-6-3)70-64(67)58-55-52-49-46-43-40-37-35-33-31-29-26-23-20-17-14-11-8-5-2/h7-12,16-21,25-29,32-35,38-40,42-43,48,51,61H,4-6,13-15,22-24,30-31,36-37,41,44-47,49-50,52-60H2,1-3H3/b10-7-,11-8-,12-9-,19-16-,20-17-,21-18-,28-25-,29-26-,34-32-,35-33-,38-27-,42-39-,43-40-,51-48-. The maximum Gasteiger partial charge on any atom is 0.306 e. The monoisotopic (exact) mass is 961 g/mol. The van der Waals surface area contributed by atoms with Gasteiger partial charge in [0, 0.05) is 19.3 Å². The van der Waals surface area contributed by atoms with E-state index in [0.29, 0.717) is 19.3 Å². The third-order valence-corrected chi connectivity index (χ3v) is 10.5. The lowest BCUT2D eigenvalue weighted by molar-refractivity contribution is -0.166. The van der Waals surface area contributed by atoms with Crippen LogP contribution in [0.5, 0.6) is 0 Å². The van der Waals surface area contributed by atoms with Crippen molar-refractivity contribution in [3.63, 3.8) is 0 Å². The molecule has 0 aliphatic heterocycles. The first-order valence-electron chi connectivity index (χ1n) is 27.1. The molecule has 0 aliphatic rings. The highest BCUT2D eigenvalue weighted by Crippen LogP contribution is 2.11. The molecule has 70 heavy (non-hydrogen) atoms. The molecule has 0 aromatic rings. The molecule has 0 saturated carbocycles. The fourth-order valence-electron chi connectivity index (χ4n) is 6.51. The molecule has 0 saturated heterocycles. The summed E-state index contributed by atoms with van der Waals surface area (Å²) in [7, 11) is 0. The molecule has 0 N–H and O–H groups in total. The van der Waals surface area contributed by atoms with Gasteiger partial charge in [0.05, 0.1) is 0 Å². The van der Waals surface area contributed by atoms with Crippen LogP contribution in [0, 0.1) is 0 Å². The van der Waals surface area contributed by atoms with E-state index < -0.39 is 6.10 Å². The van der Waals surface area contributed by atoms with E-state index in [1.807, 2.05) is 12.2 Å². The minimum absolute atomic E-state index is 0.136. The number of carbonyl (C=O) groups is 3. The number of unbranched alkanes of at least 4 members (excludes halogenated alkanes) is 7. The fourth-order valence-corrected chi connectivity index (χ4v) is 6.51. The van der Waals surface area contributed by atoms with Gasteiger partial charge in [-0.25, -0.2) is 0 Å². The van der Waals surface area contributed by atoms with E-state index in [1.165, 1.54) is 0 Å². The maximum atomic E-state index is 12.8. The number of carbonyl (C=O) groups excluding carboxylic acids is 3. The van der Waals surface area contributed by atoms with Crippen LogP contribution >= 0.6 is 0 Å². The van der Waals surface area contributed by atoms with Gasteiger partial charge in [-0.1, -0.05) is 210 Å². The molecule has 6 nitrogen and oxygen atoms in total. The second-order valence-electron chi connectivity index (χ2n) is 17.0. The highest BCUT2D eigenvalue weighted by Gasteiger charge is 2.19. The number of hydrogen-bond donors (Lipinski definition) is 0. The zero-order chi connectivity index (χ0) is 50.7. The van der Waals surface area contributed by atoms with Crippen LogP contribution in [0.25, 0.3) is 0 Å². The van der Waals surface area contributed by atoms with Gasteiger partial charge in [0.2, 0.25) is 0 Å². The predicted molar refractivity (Wildman–Crippen MR) is 301 cm³/mol. The smallest absolute Gasteiger partial charge is 0.306 e. The molecule has 0 heterocycles. The SMILES string of the molecule is CC/C=C\C/C=C\C/C=C\C/C=C\C/C=C\C/C=C\CCC(=O)OCC(COC(=O)CCCCCC/C=C\C/C=C\C/C=C\CC)OC(=O)CCCCC/C=C\C/C=C\C/C=C\C/C=C\C/C=C\CC. The van der Waals surface area contributed by atoms with E-state index >= 15 is 0 Å². The average Bonchev–Trinajstić information content (AvgIpc) is 3.36. The van der Waals surface area contributed by atoms with Crippen molar-refractivity contribution in [2.24, 2.45) is 0 Å². The largest absolute Gasteiger partial charge is 0.462 e. The van der Waals surface area contributed by atoms with Crippen LogP contribution in [0.4, 0.5) is 0 Å². The van der Waals surface area contributed by atoms with Gasteiger partial charge in [0.25, 0.3) is 0 Å². The molecule has 6 heteroatoms. The molecule has 1 atom stereocenters. The Balaban J connectivity index is 4.64. The number of hydrogen-bond acceptors (Lipinski definition) is 6. The summed E-state index contributed by atoms with van der Waals surface area (Å²) >= 11 is 0. The van der Waals surface area contributed by atoms with E-state index in [4.69, 9.17) is 14.2 Å². The lowest BCUT2D eigenvalue weighted by Crippen LogP contribution is -2.30. The molecular weight excluding hydrogens is 865 g/mol. The number of allylic oxidation sites excluding steroid dienone is 28. The van der Waals surface area contributed by atoms with E-state index in [-0.39, 0.29) is 44.0 Å². The van der Waals surface area contributed by atoms with Gasteiger partial charge in [0.1, 0.15) is 13.2 Å². The molecule has 0 aliphatic carbocycles. The van der Waals surface area contributed by atoms with Crippen LogP contribution in [0.15, 0.2) is 170 Å². The second-order valence-corrected chi connectivity index (χ2v) is 17.0. The Morgan fingerprint density at radius 1 is 0.286 bits per heavy atom. The van der Waals surface area contributed by atoms with Crippen molar-refractivity contribution >= 4 is 17.9 Å². The molecule has 0 bridgehead atoms. The van der Waals surface area contributed by atoms with E-state index in [0.717, 1.165) is 141 Å². The summed E-state index contributed by atoms with van der Waals surface area (Å²) in [5.74, 6) is -1.09. The van der Waals surface area contributed by atoms with Gasteiger partial charge < -0.3 is 14.2 Å². The molecule has 0 rings (SSSR count). The summed E-state index contributed by atoms with van der Waals surface area (Å²) in [6.07, 6.45) is 83.5. The summed E-state index contributed by atoms with van der Waals surface area (Å²) < 4.78 is 16.7. The first-order valence-corrected chi connectivity index (χ1v) is 27.1. The minimum atomic E-state index is -0.845. The summed E-state index contributed by atoms with van der Waals surface area (Å²) in [4.78, 5) is 38.1. The quantitative estimate of drug-likeness (QED) is 0.0262. The molecule has 0 aromatic heterocycles. The molecule has 0 amide bonds. The van der Waals surface area contributed by atoms with Crippen LogP contribution in [0.3, 0.4) is 0 Å². The van der Waals surface area contributed by atoms with E-state index in [2.05, 4.69) is 179 Å². The third-order valence-electron chi connectivity index (χ3n) is 10.5. The van der Waals surface area contributed by atoms with Crippen LogP contribution in [-0.4, -0.2) is 37.2 Å². The Morgan fingerprint density at radius 2 is 0.543 bits per heavy atom. The second kappa shape index (κ2) is 56.4. The average molecular weight is 961 g/mol. The fraction of sp³-hybridized carbons (Fsp3) is 0.516. The number of rotatable bonds is 46. The summed E-state index contributed by atoms with van der Waals surface area (Å²) in [5, 5.41) is 0. The summed E-state index contributed by atoms with van der Waals surface area (Å²) in [5.41, 5.74) is 0. The van der Waals surface area contributed by atoms with Gasteiger partial charge in [-0.05, 0) is 135 Å². The zero-order valence-electron chi connectivity index (χ0n) is 44.2. The van der Waals surface area contributed by atoms with Crippen molar-refractivity contribution < 1.29 is 28.6 Å². The lowest BCUT2D eigenvalue weighted by atomic mass is 10.1. The molecule has 1 unspecified atom stereocenters. The van der Waals surface area contributed by atoms with Crippen molar-refractivity contribution in [3.05, 3.63) is 170 Å². The summed E-state index contributed by atoms with van der Waals surface area (Å²) in [6, 6.07) is 0. The molecule has 0 spiro atoms. The number of ether oxygens (including phenoxy) is 3. The van der Waals surface area contributed by atoms with Crippen molar-refractivity contribution in [2.45, 2.75) is 200 Å². The maximum absolute atomic E-state index is 12.8. The van der Waals surface area contributed by atoms with Crippen molar-refractivity contribution in [2.75, 3.05) is 13.2 Å². The van der Waals surface area contributed by atoms with E-state index in [1.54, 1.807) is 0 Å². The zero-order valence-corrected chi connectivity index (χ0v) is 44.2. The molecule has 0 aromatic carbocycles. The molecule has 0 fully saturated rings. The minimum Gasteiger partial charge on any atom is -0.462 e. The van der Waals surface area contributed by atoms with Crippen LogP contribution < -0.4 is 0 Å². The highest BCUT2D eigenvalue weighted by molar-refractivity contribution is 5.71. The Bertz CT molecular complexity index is 1670. The van der Waals surface area contributed by atoms with Gasteiger partial charge in [-0.3, -0.25) is 14.4 Å². The predicted octanol–water partition coefficient (Wildman–Crippen LogP) is 18.4.